The molecular formula is C14H14BrNO2. The fraction of sp³-hybridized carbons (Fsp3) is 0.500. The van der Waals surface area contributed by atoms with Crippen molar-refractivity contribution in [3.05, 3.63) is 28.2 Å². The van der Waals surface area contributed by atoms with E-state index in [1.807, 2.05) is 18.2 Å². The number of nitrogens with zero attached hydrogens (tertiary/aromatic N) is 1. The maximum absolute atomic E-state index is 10.7. The summed E-state index contributed by atoms with van der Waals surface area (Å²) in [6, 6.07) is 5.97. The highest BCUT2D eigenvalue weighted by atomic mass is 79.9. The van der Waals surface area contributed by atoms with Gasteiger partial charge in [-0.15, -0.1) is 0 Å². The number of benzene rings is 1. The van der Waals surface area contributed by atoms with Gasteiger partial charge in [0, 0.05) is 10.0 Å². The molecule has 4 heteroatoms. The zero-order valence-corrected chi connectivity index (χ0v) is 11.6. The maximum atomic E-state index is 10.7. The molecule has 0 saturated heterocycles. The number of isocyanates is 1. The first-order chi connectivity index (χ1) is 8.73. The van der Waals surface area contributed by atoms with E-state index in [-0.39, 0.29) is 0 Å². The number of aliphatic imine (C=N–C) groups is 1. The highest BCUT2D eigenvalue weighted by molar-refractivity contribution is 9.10. The van der Waals surface area contributed by atoms with Gasteiger partial charge in [-0.3, -0.25) is 0 Å². The molecule has 0 unspecified atom stereocenters. The SMILES string of the molecule is O=C=NC1(c2cc(Br)ccc2OC2CC2)CCC1. The lowest BCUT2D eigenvalue weighted by Gasteiger charge is -2.38. The number of rotatable bonds is 4. The van der Waals surface area contributed by atoms with E-state index in [0.29, 0.717) is 6.10 Å². The van der Waals surface area contributed by atoms with Crippen molar-refractivity contribution in [2.75, 3.05) is 0 Å². The van der Waals surface area contributed by atoms with Gasteiger partial charge in [0.15, 0.2) is 0 Å². The molecule has 0 bridgehead atoms. The van der Waals surface area contributed by atoms with Crippen LogP contribution in [0.5, 0.6) is 5.75 Å². The second-order valence-electron chi connectivity index (χ2n) is 5.05. The van der Waals surface area contributed by atoms with Crippen LogP contribution in [-0.4, -0.2) is 12.2 Å². The van der Waals surface area contributed by atoms with Crippen LogP contribution >= 0.6 is 15.9 Å². The van der Waals surface area contributed by atoms with Crippen molar-refractivity contribution in [2.45, 2.75) is 43.7 Å². The van der Waals surface area contributed by atoms with Crippen LogP contribution in [0.2, 0.25) is 0 Å². The third-order valence-electron chi connectivity index (χ3n) is 3.70. The predicted octanol–water partition coefficient (Wildman–Crippen LogP) is 3.71. The Bertz CT molecular complexity index is 515. The lowest BCUT2D eigenvalue weighted by Crippen LogP contribution is -2.32. The van der Waals surface area contributed by atoms with E-state index in [1.165, 1.54) is 0 Å². The molecule has 94 valence electrons. The Morgan fingerprint density at radius 3 is 2.72 bits per heavy atom. The van der Waals surface area contributed by atoms with Gasteiger partial charge in [0.25, 0.3) is 0 Å². The molecule has 3 rings (SSSR count). The maximum Gasteiger partial charge on any atom is 0.235 e. The highest BCUT2D eigenvalue weighted by Gasteiger charge is 2.42. The Hall–Kier alpha value is -1.12. The molecule has 2 aliphatic rings. The molecule has 3 nitrogen and oxygen atoms in total. The van der Waals surface area contributed by atoms with Crippen molar-refractivity contribution < 1.29 is 9.53 Å². The predicted molar refractivity (Wildman–Crippen MR) is 71.4 cm³/mol. The molecule has 0 atom stereocenters. The third-order valence-corrected chi connectivity index (χ3v) is 4.19. The average Bonchev–Trinajstić information content (AvgIpc) is 3.10. The van der Waals surface area contributed by atoms with Gasteiger partial charge in [0.2, 0.25) is 6.08 Å². The van der Waals surface area contributed by atoms with Crippen molar-refractivity contribution in [1.29, 1.82) is 0 Å². The van der Waals surface area contributed by atoms with Crippen LogP contribution in [0.4, 0.5) is 0 Å². The summed E-state index contributed by atoms with van der Waals surface area (Å²) in [6.07, 6.45) is 7.23. The lowest BCUT2D eigenvalue weighted by molar-refractivity contribution is 0.233. The van der Waals surface area contributed by atoms with E-state index in [0.717, 1.165) is 47.9 Å². The Kier molecular flexibility index (Phi) is 3.00. The van der Waals surface area contributed by atoms with Crippen LogP contribution in [0.1, 0.15) is 37.7 Å². The molecule has 0 heterocycles. The van der Waals surface area contributed by atoms with E-state index in [1.54, 1.807) is 6.08 Å². The molecule has 0 N–H and O–H groups in total. The zero-order valence-electron chi connectivity index (χ0n) is 9.99. The summed E-state index contributed by atoms with van der Waals surface area (Å²) >= 11 is 3.48. The molecule has 0 spiro atoms. The van der Waals surface area contributed by atoms with Gasteiger partial charge in [-0.25, -0.2) is 4.79 Å². The van der Waals surface area contributed by atoms with Crippen molar-refractivity contribution in [2.24, 2.45) is 4.99 Å². The van der Waals surface area contributed by atoms with E-state index >= 15 is 0 Å². The lowest BCUT2D eigenvalue weighted by atomic mass is 9.72. The van der Waals surface area contributed by atoms with E-state index in [2.05, 4.69) is 20.9 Å². The fourth-order valence-corrected chi connectivity index (χ4v) is 2.74. The molecule has 1 aromatic carbocycles. The molecule has 2 saturated carbocycles. The summed E-state index contributed by atoms with van der Waals surface area (Å²) in [4.78, 5) is 14.7. The van der Waals surface area contributed by atoms with Crippen molar-refractivity contribution >= 4 is 22.0 Å². The summed E-state index contributed by atoms with van der Waals surface area (Å²) in [7, 11) is 0. The Morgan fingerprint density at radius 1 is 1.39 bits per heavy atom. The number of hydrogen-bond acceptors (Lipinski definition) is 3. The third kappa shape index (κ3) is 2.11. The van der Waals surface area contributed by atoms with Crippen molar-refractivity contribution in [1.82, 2.24) is 0 Å². The topological polar surface area (TPSA) is 38.7 Å². The average molecular weight is 308 g/mol. The van der Waals surface area contributed by atoms with Crippen LogP contribution in [0, 0.1) is 0 Å². The fourth-order valence-electron chi connectivity index (χ4n) is 2.37. The Morgan fingerprint density at radius 2 is 2.17 bits per heavy atom. The van der Waals surface area contributed by atoms with E-state index in [9.17, 15) is 4.79 Å². The molecule has 0 aliphatic heterocycles. The van der Waals surface area contributed by atoms with Gasteiger partial charge in [-0.2, -0.15) is 4.99 Å². The zero-order chi connectivity index (χ0) is 12.6. The Balaban J connectivity index is 2.01. The summed E-state index contributed by atoms with van der Waals surface area (Å²) < 4.78 is 6.92. The summed E-state index contributed by atoms with van der Waals surface area (Å²) in [6.45, 7) is 0. The molecule has 1 aromatic rings. The van der Waals surface area contributed by atoms with E-state index in [4.69, 9.17) is 4.74 Å². The monoisotopic (exact) mass is 307 g/mol. The number of carbonyl (C=O) groups excluding carboxylic acids is 1. The van der Waals surface area contributed by atoms with Crippen molar-refractivity contribution in [3.8, 4) is 5.75 Å². The molecule has 0 radical (unpaired) electrons. The summed E-state index contributed by atoms with van der Waals surface area (Å²) in [5, 5.41) is 0. The van der Waals surface area contributed by atoms with Crippen LogP contribution in [0.3, 0.4) is 0 Å². The van der Waals surface area contributed by atoms with Crippen LogP contribution in [0.25, 0.3) is 0 Å². The number of hydrogen-bond donors (Lipinski definition) is 0. The van der Waals surface area contributed by atoms with Crippen molar-refractivity contribution in [3.63, 3.8) is 0 Å². The molecule has 18 heavy (non-hydrogen) atoms. The minimum Gasteiger partial charge on any atom is -0.490 e. The Labute approximate surface area is 114 Å². The molecule has 0 amide bonds. The van der Waals surface area contributed by atoms with Crippen LogP contribution < -0.4 is 4.74 Å². The second-order valence-corrected chi connectivity index (χ2v) is 5.96. The number of ether oxygens (including phenoxy) is 1. The smallest absolute Gasteiger partial charge is 0.235 e. The van der Waals surface area contributed by atoms with Gasteiger partial charge < -0.3 is 4.74 Å². The quantitative estimate of drug-likeness (QED) is 0.628. The second kappa shape index (κ2) is 4.52. The molecule has 2 aliphatic carbocycles. The molecule has 2 fully saturated rings. The first-order valence-corrected chi connectivity index (χ1v) is 7.08. The largest absolute Gasteiger partial charge is 0.490 e. The highest BCUT2D eigenvalue weighted by Crippen LogP contribution is 2.49. The first-order valence-electron chi connectivity index (χ1n) is 6.29. The minimum absolute atomic E-state index is 0.349. The normalized spacial score (nSPS) is 20.7. The van der Waals surface area contributed by atoms with Crippen LogP contribution in [0.15, 0.2) is 27.7 Å². The summed E-state index contributed by atoms with van der Waals surface area (Å²) in [5.41, 5.74) is 0.633. The van der Waals surface area contributed by atoms with Gasteiger partial charge in [0.1, 0.15) is 11.3 Å². The van der Waals surface area contributed by atoms with Gasteiger partial charge >= 0.3 is 0 Å². The van der Waals surface area contributed by atoms with Gasteiger partial charge in [-0.05, 0) is 50.3 Å². The van der Waals surface area contributed by atoms with Crippen LogP contribution in [-0.2, 0) is 10.3 Å². The molecular weight excluding hydrogens is 294 g/mol. The number of halogens is 1. The standard InChI is InChI=1S/C14H14BrNO2/c15-10-2-5-13(18-11-3-4-11)12(8-10)14(16-9-17)6-1-7-14/h2,5,8,11H,1,3-4,6-7H2. The minimum atomic E-state index is -0.393. The van der Waals surface area contributed by atoms with Gasteiger partial charge in [0.05, 0.1) is 6.10 Å². The van der Waals surface area contributed by atoms with Gasteiger partial charge in [-0.1, -0.05) is 15.9 Å². The summed E-state index contributed by atoms with van der Waals surface area (Å²) in [5.74, 6) is 0.874. The first kappa shape index (κ1) is 11.9. The molecule has 0 aromatic heterocycles. The van der Waals surface area contributed by atoms with E-state index < -0.39 is 5.54 Å².